The predicted molar refractivity (Wildman–Crippen MR) is 94.5 cm³/mol. The zero-order valence-electron chi connectivity index (χ0n) is 14.1. The molecule has 2 N–H and O–H groups in total. The van der Waals surface area contributed by atoms with Gasteiger partial charge in [0, 0.05) is 24.5 Å². The highest BCUT2D eigenvalue weighted by atomic mass is 32.2. The Labute approximate surface area is 147 Å². The average molecular weight is 363 g/mol. The first-order valence-corrected chi connectivity index (χ1v) is 9.84. The summed E-state index contributed by atoms with van der Waals surface area (Å²) in [6.45, 7) is 2.79. The van der Waals surface area contributed by atoms with Crippen LogP contribution >= 0.6 is 0 Å². The molecular formula is C19H22FNO3S. The van der Waals surface area contributed by atoms with Gasteiger partial charge in [0.25, 0.3) is 0 Å². The highest BCUT2D eigenvalue weighted by molar-refractivity contribution is 7.92. The normalized spacial score (nSPS) is 25.7. The Kier molecular flexibility index (Phi) is 4.95. The van der Waals surface area contributed by atoms with E-state index in [1.807, 2.05) is 6.92 Å². The lowest BCUT2D eigenvalue weighted by Crippen LogP contribution is -2.29. The molecule has 3 rings (SSSR count). The molecule has 0 heterocycles. The molecule has 2 aromatic carbocycles. The van der Waals surface area contributed by atoms with Crippen LogP contribution in [-0.2, 0) is 14.6 Å². The molecule has 3 atom stereocenters. The molecule has 1 aliphatic rings. The van der Waals surface area contributed by atoms with Crippen molar-refractivity contribution in [1.82, 2.24) is 0 Å². The van der Waals surface area contributed by atoms with Crippen LogP contribution in [0.25, 0.3) is 0 Å². The molecule has 0 spiro atoms. The van der Waals surface area contributed by atoms with E-state index in [0.29, 0.717) is 6.61 Å². The van der Waals surface area contributed by atoms with Crippen LogP contribution in [0.3, 0.4) is 0 Å². The maximum absolute atomic E-state index is 13.3. The molecule has 2 aromatic rings. The van der Waals surface area contributed by atoms with Crippen molar-refractivity contribution >= 4 is 9.84 Å². The molecule has 0 amide bonds. The summed E-state index contributed by atoms with van der Waals surface area (Å²) in [4.78, 5) is 0.277. The fourth-order valence-electron chi connectivity index (χ4n) is 3.64. The highest BCUT2D eigenvalue weighted by Gasteiger charge is 2.70. The standard InChI is InChI=1S/C19H22FNO3S/c1-2-24-13-19(12-21)17(14-8-10-15(20)11-9-14)18(19)25(22,23)16-6-4-3-5-7-16/h3-11,17-18H,2,12-13,21H2,1H3/t17-,18+,19+/m0/s1. The number of sulfone groups is 1. The van der Waals surface area contributed by atoms with Crippen molar-refractivity contribution in [2.75, 3.05) is 19.8 Å². The largest absolute Gasteiger partial charge is 0.381 e. The number of hydrogen-bond donors (Lipinski definition) is 1. The van der Waals surface area contributed by atoms with Gasteiger partial charge in [-0.3, -0.25) is 0 Å². The molecule has 1 fully saturated rings. The summed E-state index contributed by atoms with van der Waals surface area (Å²) >= 11 is 0. The lowest BCUT2D eigenvalue weighted by molar-refractivity contribution is 0.101. The topological polar surface area (TPSA) is 69.4 Å². The van der Waals surface area contributed by atoms with Gasteiger partial charge >= 0.3 is 0 Å². The number of hydrogen-bond acceptors (Lipinski definition) is 4. The third kappa shape index (κ3) is 3.10. The molecule has 1 aliphatic carbocycles. The summed E-state index contributed by atoms with van der Waals surface area (Å²) in [7, 11) is -3.58. The van der Waals surface area contributed by atoms with Gasteiger partial charge < -0.3 is 10.5 Å². The second-order valence-electron chi connectivity index (χ2n) is 6.38. The van der Waals surface area contributed by atoms with E-state index in [2.05, 4.69) is 0 Å². The van der Waals surface area contributed by atoms with Gasteiger partial charge in [-0.05, 0) is 36.8 Å². The Morgan fingerprint density at radius 3 is 2.32 bits per heavy atom. The fraction of sp³-hybridized carbons (Fsp3) is 0.368. The maximum atomic E-state index is 13.3. The predicted octanol–water partition coefficient (Wildman–Crippen LogP) is 2.75. The van der Waals surface area contributed by atoms with Gasteiger partial charge in [0.2, 0.25) is 0 Å². The minimum atomic E-state index is -3.58. The van der Waals surface area contributed by atoms with Gasteiger partial charge in [-0.1, -0.05) is 30.3 Å². The molecule has 0 saturated heterocycles. The zero-order valence-corrected chi connectivity index (χ0v) is 14.9. The molecule has 0 bridgehead atoms. The number of ether oxygens (including phenoxy) is 1. The average Bonchev–Trinajstić information content (AvgIpc) is 3.31. The first kappa shape index (κ1) is 18.0. The quantitative estimate of drug-likeness (QED) is 0.821. The van der Waals surface area contributed by atoms with Gasteiger partial charge in [-0.25, -0.2) is 12.8 Å². The Morgan fingerprint density at radius 2 is 1.76 bits per heavy atom. The van der Waals surface area contributed by atoms with Crippen LogP contribution in [0, 0.1) is 11.2 Å². The second-order valence-corrected chi connectivity index (χ2v) is 8.45. The van der Waals surface area contributed by atoms with Crippen molar-refractivity contribution in [3.8, 4) is 0 Å². The number of nitrogens with two attached hydrogens (primary N) is 1. The van der Waals surface area contributed by atoms with Crippen LogP contribution in [0.5, 0.6) is 0 Å². The molecule has 0 aliphatic heterocycles. The van der Waals surface area contributed by atoms with Crippen LogP contribution < -0.4 is 5.73 Å². The lowest BCUT2D eigenvalue weighted by atomic mass is 10.00. The summed E-state index contributed by atoms with van der Waals surface area (Å²) in [5.74, 6) is -0.662. The molecule has 4 nitrogen and oxygen atoms in total. The van der Waals surface area contributed by atoms with Gasteiger partial charge in [0.1, 0.15) is 5.82 Å². The van der Waals surface area contributed by atoms with Crippen molar-refractivity contribution in [3.05, 3.63) is 66.0 Å². The zero-order chi connectivity index (χ0) is 18.1. The minimum Gasteiger partial charge on any atom is -0.381 e. The van der Waals surface area contributed by atoms with E-state index >= 15 is 0 Å². The van der Waals surface area contributed by atoms with Gasteiger partial charge in [0.05, 0.1) is 16.8 Å². The molecule has 1 saturated carbocycles. The Balaban J connectivity index is 2.04. The van der Waals surface area contributed by atoms with Crippen LogP contribution in [-0.4, -0.2) is 33.4 Å². The van der Waals surface area contributed by atoms with Crippen molar-refractivity contribution in [2.24, 2.45) is 11.1 Å². The van der Waals surface area contributed by atoms with Crippen LogP contribution in [0.4, 0.5) is 4.39 Å². The van der Waals surface area contributed by atoms with Gasteiger partial charge in [-0.15, -0.1) is 0 Å². The fourth-order valence-corrected chi connectivity index (χ4v) is 6.11. The molecular weight excluding hydrogens is 341 g/mol. The first-order valence-electron chi connectivity index (χ1n) is 8.29. The van der Waals surface area contributed by atoms with Crippen LogP contribution in [0.15, 0.2) is 59.5 Å². The van der Waals surface area contributed by atoms with Crippen molar-refractivity contribution in [3.63, 3.8) is 0 Å². The second kappa shape index (κ2) is 6.86. The summed E-state index contributed by atoms with van der Waals surface area (Å²) in [5.41, 5.74) is 6.10. The molecule has 6 heteroatoms. The molecule has 0 radical (unpaired) electrons. The van der Waals surface area contributed by atoms with Gasteiger partial charge in [-0.2, -0.15) is 0 Å². The molecule has 0 aromatic heterocycles. The Morgan fingerprint density at radius 1 is 1.12 bits per heavy atom. The molecule has 25 heavy (non-hydrogen) atoms. The first-order chi connectivity index (χ1) is 12.0. The Bertz CT molecular complexity index is 824. The SMILES string of the molecule is CCOC[C@@]1(CN)[C@H](S(=O)(=O)c2ccccc2)[C@@H]1c1ccc(F)cc1. The monoisotopic (exact) mass is 363 g/mol. The van der Waals surface area contributed by atoms with E-state index in [0.717, 1.165) is 5.56 Å². The maximum Gasteiger partial charge on any atom is 0.182 e. The van der Waals surface area contributed by atoms with Crippen molar-refractivity contribution < 1.29 is 17.5 Å². The van der Waals surface area contributed by atoms with Crippen LogP contribution in [0.1, 0.15) is 18.4 Å². The molecule has 134 valence electrons. The van der Waals surface area contributed by atoms with Crippen molar-refractivity contribution in [1.29, 1.82) is 0 Å². The van der Waals surface area contributed by atoms with E-state index in [1.54, 1.807) is 42.5 Å². The summed E-state index contributed by atoms with van der Waals surface area (Å²) in [6.07, 6.45) is 0. The summed E-state index contributed by atoms with van der Waals surface area (Å²) in [6, 6.07) is 14.3. The van der Waals surface area contributed by atoms with E-state index in [4.69, 9.17) is 10.5 Å². The summed E-state index contributed by atoms with van der Waals surface area (Å²) < 4.78 is 45.2. The number of rotatable bonds is 7. The van der Waals surface area contributed by atoms with E-state index < -0.39 is 20.5 Å². The lowest BCUT2D eigenvalue weighted by Gasteiger charge is -2.16. The minimum absolute atomic E-state index is 0.186. The van der Waals surface area contributed by atoms with Crippen molar-refractivity contribution in [2.45, 2.75) is 23.0 Å². The number of halogens is 1. The van der Waals surface area contributed by atoms with Gasteiger partial charge in [0.15, 0.2) is 9.84 Å². The highest BCUT2D eigenvalue weighted by Crippen LogP contribution is 2.63. The van der Waals surface area contributed by atoms with E-state index in [9.17, 15) is 12.8 Å². The van der Waals surface area contributed by atoms with E-state index in [-0.39, 0.29) is 29.8 Å². The van der Waals surface area contributed by atoms with E-state index in [1.165, 1.54) is 12.1 Å². The number of benzene rings is 2. The summed E-state index contributed by atoms with van der Waals surface area (Å²) in [5, 5.41) is -0.676. The smallest absolute Gasteiger partial charge is 0.182 e. The third-order valence-corrected chi connectivity index (χ3v) is 7.31. The Hall–Kier alpha value is -1.76. The molecule has 0 unspecified atom stereocenters. The third-order valence-electron chi connectivity index (χ3n) is 4.97. The van der Waals surface area contributed by atoms with Crippen LogP contribution in [0.2, 0.25) is 0 Å².